The molecule has 0 spiro atoms. The lowest BCUT2D eigenvalue weighted by molar-refractivity contribution is -0.121. The third kappa shape index (κ3) is 5.42. The van der Waals surface area contributed by atoms with E-state index < -0.39 is 11.8 Å². The van der Waals surface area contributed by atoms with Crippen molar-refractivity contribution in [1.82, 2.24) is 10.9 Å². The van der Waals surface area contributed by atoms with E-state index >= 15 is 0 Å². The summed E-state index contributed by atoms with van der Waals surface area (Å²) in [6.45, 7) is 2.42. The van der Waals surface area contributed by atoms with E-state index in [-0.39, 0.29) is 18.6 Å². The lowest BCUT2D eigenvalue weighted by Crippen LogP contribution is -2.41. The van der Waals surface area contributed by atoms with E-state index in [9.17, 15) is 14.4 Å². The van der Waals surface area contributed by atoms with Crippen LogP contribution in [0.25, 0.3) is 10.8 Å². The Kier molecular flexibility index (Phi) is 6.58. The molecule has 0 aliphatic heterocycles. The maximum atomic E-state index is 12.4. The molecular weight excluding hydrogens is 368 g/mol. The molecule has 0 atom stereocenters. The highest BCUT2D eigenvalue weighted by atomic mass is 16.5. The number of ether oxygens (including phenoxy) is 1. The highest BCUT2D eigenvalue weighted by Crippen LogP contribution is 2.17. The summed E-state index contributed by atoms with van der Waals surface area (Å²) in [7, 11) is 0. The first-order valence-electron chi connectivity index (χ1n) is 9.41. The van der Waals surface area contributed by atoms with Gasteiger partial charge in [-0.2, -0.15) is 0 Å². The number of ketones is 1. The smallest absolute Gasteiger partial charge is 0.269 e. The standard InChI is InChI=1S/C23H22N2O4/c1-2-29-20-11-9-17(10-12-20)23(28)25-24-22(27)14-13-21(26)19-8-7-16-5-3-4-6-18(16)15-19/h3-12,15H,2,13-14H2,1H3,(H,24,27)(H,25,28). The second-order valence-electron chi connectivity index (χ2n) is 6.44. The Morgan fingerprint density at radius 1 is 0.793 bits per heavy atom. The fraction of sp³-hybridized carbons (Fsp3) is 0.174. The first-order chi connectivity index (χ1) is 14.1. The Bertz CT molecular complexity index is 1030. The zero-order valence-electron chi connectivity index (χ0n) is 16.1. The molecule has 6 nitrogen and oxygen atoms in total. The molecule has 0 heterocycles. The van der Waals surface area contributed by atoms with Crippen molar-refractivity contribution >= 4 is 28.4 Å². The number of hydrogen-bond acceptors (Lipinski definition) is 4. The van der Waals surface area contributed by atoms with E-state index in [1.165, 1.54) is 0 Å². The predicted octanol–water partition coefficient (Wildman–Crippen LogP) is 3.66. The summed E-state index contributed by atoms with van der Waals surface area (Å²) in [5, 5.41) is 2.03. The minimum atomic E-state index is -0.442. The Hall–Kier alpha value is -3.67. The van der Waals surface area contributed by atoms with E-state index in [0.29, 0.717) is 23.5 Å². The number of hydrogen-bond donors (Lipinski definition) is 2. The van der Waals surface area contributed by atoms with Gasteiger partial charge in [-0.05, 0) is 48.0 Å². The maximum absolute atomic E-state index is 12.4. The lowest BCUT2D eigenvalue weighted by atomic mass is 10.0. The van der Waals surface area contributed by atoms with Crippen molar-refractivity contribution in [3.63, 3.8) is 0 Å². The van der Waals surface area contributed by atoms with Crippen LogP contribution in [0.3, 0.4) is 0 Å². The van der Waals surface area contributed by atoms with Crippen molar-refractivity contribution in [2.45, 2.75) is 19.8 Å². The number of nitrogens with one attached hydrogen (secondary N) is 2. The molecule has 3 rings (SSSR count). The van der Waals surface area contributed by atoms with E-state index in [1.807, 2.05) is 43.3 Å². The molecule has 6 heteroatoms. The highest BCUT2D eigenvalue weighted by Gasteiger charge is 2.11. The molecule has 0 bridgehead atoms. The molecule has 29 heavy (non-hydrogen) atoms. The van der Waals surface area contributed by atoms with E-state index in [2.05, 4.69) is 10.9 Å². The maximum Gasteiger partial charge on any atom is 0.269 e. The molecule has 0 saturated heterocycles. The van der Waals surface area contributed by atoms with Gasteiger partial charge in [-0.1, -0.05) is 36.4 Å². The van der Waals surface area contributed by atoms with Crippen LogP contribution in [0, 0.1) is 0 Å². The Morgan fingerprint density at radius 3 is 2.21 bits per heavy atom. The van der Waals surface area contributed by atoms with Gasteiger partial charge in [0.2, 0.25) is 5.91 Å². The second-order valence-corrected chi connectivity index (χ2v) is 6.44. The fourth-order valence-corrected chi connectivity index (χ4v) is 2.86. The largest absolute Gasteiger partial charge is 0.494 e. The van der Waals surface area contributed by atoms with Gasteiger partial charge < -0.3 is 4.74 Å². The number of amides is 2. The predicted molar refractivity (Wildman–Crippen MR) is 111 cm³/mol. The number of carbonyl (C=O) groups is 3. The normalized spacial score (nSPS) is 10.4. The minimum absolute atomic E-state index is 0.0186. The Labute approximate surface area is 168 Å². The van der Waals surface area contributed by atoms with Gasteiger partial charge in [0, 0.05) is 24.0 Å². The quantitative estimate of drug-likeness (QED) is 0.476. The number of carbonyl (C=O) groups excluding carboxylic acids is 3. The Morgan fingerprint density at radius 2 is 1.48 bits per heavy atom. The Balaban J connectivity index is 1.47. The SMILES string of the molecule is CCOc1ccc(C(=O)NNC(=O)CCC(=O)c2ccc3ccccc3c2)cc1. The summed E-state index contributed by atoms with van der Waals surface area (Å²) < 4.78 is 5.32. The molecule has 0 aromatic heterocycles. The summed E-state index contributed by atoms with van der Waals surface area (Å²) in [6.07, 6.45) is 0.0400. The number of rotatable bonds is 7. The van der Waals surface area contributed by atoms with Crippen LogP contribution >= 0.6 is 0 Å². The summed E-state index contributed by atoms with van der Waals surface area (Å²) >= 11 is 0. The summed E-state index contributed by atoms with van der Waals surface area (Å²) in [5.74, 6) is -0.329. The summed E-state index contributed by atoms with van der Waals surface area (Å²) in [6, 6.07) is 19.8. The summed E-state index contributed by atoms with van der Waals surface area (Å²) in [4.78, 5) is 36.4. The molecule has 0 radical (unpaired) electrons. The van der Waals surface area contributed by atoms with Crippen molar-refractivity contribution in [3.05, 3.63) is 77.9 Å². The third-order valence-corrected chi connectivity index (χ3v) is 4.39. The third-order valence-electron chi connectivity index (χ3n) is 4.39. The van der Waals surface area contributed by atoms with Crippen molar-refractivity contribution in [2.24, 2.45) is 0 Å². The van der Waals surface area contributed by atoms with Gasteiger partial charge in [0.15, 0.2) is 5.78 Å². The van der Waals surface area contributed by atoms with Crippen LogP contribution < -0.4 is 15.6 Å². The average molecular weight is 390 g/mol. The van der Waals surface area contributed by atoms with Gasteiger partial charge in [-0.25, -0.2) is 0 Å². The van der Waals surface area contributed by atoms with Crippen LogP contribution in [-0.4, -0.2) is 24.2 Å². The number of fused-ring (bicyclic) bond motifs is 1. The zero-order valence-corrected chi connectivity index (χ0v) is 16.1. The van der Waals surface area contributed by atoms with Crippen LogP contribution in [0.2, 0.25) is 0 Å². The number of benzene rings is 3. The molecule has 0 saturated carbocycles. The zero-order chi connectivity index (χ0) is 20.6. The van der Waals surface area contributed by atoms with Crippen molar-refractivity contribution < 1.29 is 19.1 Å². The van der Waals surface area contributed by atoms with Crippen molar-refractivity contribution in [2.75, 3.05) is 6.61 Å². The molecule has 3 aromatic rings. The molecule has 2 N–H and O–H groups in total. The van der Waals surface area contributed by atoms with Gasteiger partial charge >= 0.3 is 0 Å². The molecule has 2 amide bonds. The highest BCUT2D eigenvalue weighted by molar-refractivity contribution is 6.01. The monoisotopic (exact) mass is 390 g/mol. The number of Topliss-reactive ketones (excluding diaryl/α,β-unsaturated/α-hetero) is 1. The van der Waals surface area contributed by atoms with Crippen molar-refractivity contribution in [3.8, 4) is 5.75 Å². The molecular formula is C23H22N2O4. The van der Waals surface area contributed by atoms with Gasteiger partial charge in [0.05, 0.1) is 6.61 Å². The van der Waals surface area contributed by atoms with Crippen LogP contribution in [0.15, 0.2) is 66.7 Å². The van der Waals surface area contributed by atoms with E-state index in [1.54, 1.807) is 30.3 Å². The van der Waals surface area contributed by atoms with Gasteiger partial charge in [0.25, 0.3) is 5.91 Å². The van der Waals surface area contributed by atoms with Crippen LogP contribution in [-0.2, 0) is 4.79 Å². The fourth-order valence-electron chi connectivity index (χ4n) is 2.86. The average Bonchev–Trinajstić information content (AvgIpc) is 2.76. The van der Waals surface area contributed by atoms with Gasteiger partial charge in [-0.3, -0.25) is 25.2 Å². The number of hydrazine groups is 1. The van der Waals surface area contributed by atoms with E-state index in [4.69, 9.17) is 4.74 Å². The van der Waals surface area contributed by atoms with Crippen molar-refractivity contribution in [1.29, 1.82) is 0 Å². The molecule has 0 unspecified atom stereocenters. The second kappa shape index (κ2) is 9.50. The van der Waals surface area contributed by atoms with Gasteiger partial charge in [0.1, 0.15) is 5.75 Å². The molecule has 3 aromatic carbocycles. The summed E-state index contributed by atoms with van der Waals surface area (Å²) in [5.41, 5.74) is 5.64. The topological polar surface area (TPSA) is 84.5 Å². The molecule has 0 fully saturated rings. The van der Waals surface area contributed by atoms with Crippen LogP contribution in [0.1, 0.15) is 40.5 Å². The molecule has 148 valence electrons. The lowest BCUT2D eigenvalue weighted by Gasteiger charge is -2.08. The molecule has 0 aliphatic rings. The van der Waals surface area contributed by atoms with E-state index in [0.717, 1.165) is 10.8 Å². The molecule has 0 aliphatic carbocycles. The first kappa shape index (κ1) is 20.1. The minimum Gasteiger partial charge on any atom is -0.494 e. The van der Waals surface area contributed by atoms with Crippen LogP contribution in [0.4, 0.5) is 0 Å². The van der Waals surface area contributed by atoms with Gasteiger partial charge in [-0.15, -0.1) is 0 Å². The van der Waals surface area contributed by atoms with Crippen LogP contribution in [0.5, 0.6) is 5.75 Å². The first-order valence-corrected chi connectivity index (χ1v) is 9.41.